The summed E-state index contributed by atoms with van der Waals surface area (Å²) < 4.78 is 28.2. The summed E-state index contributed by atoms with van der Waals surface area (Å²) in [5, 5.41) is 71.0. The van der Waals surface area contributed by atoms with Crippen molar-refractivity contribution in [1.29, 1.82) is 0 Å². The molecule has 0 amide bonds. The topological polar surface area (TPSA) is 205 Å². The number of ketones is 1. The monoisotopic (exact) mass is 568 g/mol. The zero-order valence-corrected chi connectivity index (χ0v) is 22.0. The Bertz CT molecular complexity index is 1080. The molecule has 4 unspecified atom stereocenters. The van der Waals surface area contributed by atoms with Crippen LogP contribution in [0.5, 0.6) is 5.75 Å². The molecule has 5 rings (SSSR count). The Labute approximate surface area is 230 Å². The van der Waals surface area contributed by atoms with E-state index in [0.29, 0.717) is 11.3 Å². The molecule has 1 saturated carbocycles. The van der Waals surface area contributed by atoms with Crippen LogP contribution in [0.1, 0.15) is 32.3 Å². The number of carbonyl (C=O) groups is 1. The second kappa shape index (κ2) is 11.6. The Morgan fingerprint density at radius 1 is 0.750 bits per heavy atom. The molecule has 222 valence electrons. The van der Waals surface area contributed by atoms with E-state index in [1.54, 1.807) is 38.1 Å². The average Bonchev–Trinajstić information content (AvgIpc) is 2.93. The molecule has 3 fully saturated rings. The first kappa shape index (κ1) is 29.3. The van der Waals surface area contributed by atoms with Gasteiger partial charge in [-0.1, -0.05) is 12.1 Å². The Kier molecular flexibility index (Phi) is 8.51. The van der Waals surface area contributed by atoms with Gasteiger partial charge in [0.1, 0.15) is 48.5 Å². The van der Waals surface area contributed by atoms with Gasteiger partial charge >= 0.3 is 0 Å². The van der Waals surface area contributed by atoms with Crippen molar-refractivity contribution < 1.29 is 64.2 Å². The minimum atomic E-state index is -1.48. The molecule has 40 heavy (non-hydrogen) atoms. The van der Waals surface area contributed by atoms with Crippen LogP contribution in [0.2, 0.25) is 0 Å². The van der Waals surface area contributed by atoms with Crippen LogP contribution in [0, 0.1) is 5.92 Å². The molecule has 7 N–H and O–H groups in total. The van der Waals surface area contributed by atoms with Crippen molar-refractivity contribution in [1.82, 2.24) is 0 Å². The molecular weight excluding hydrogens is 532 g/mol. The first-order valence-electron chi connectivity index (χ1n) is 13.4. The molecule has 0 aromatic heterocycles. The fourth-order valence-electron chi connectivity index (χ4n) is 5.64. The molecule has 2 saturated heterocycles. The molecule has 1 aromatic carbocycles. The molecule has 1 aliphatic carbocycles. The van der Waals surface area contributed by atoms with Gasteiger partial charge in [0.05, 0.1) is 42.2 Å². The van der Waals surface area contributed by atoms with E-state index in [1.165, 1.54) is 6.26 Å². The largest absolute Gasteiger partial charge is 0.496 e. The van der Waals surface area contributed by atoms with E-state index in [1.807, 2.05) is 0 Å². The second-order valence-corrected chi connectivity index (χ2v) is 10.9. The summed E-state index contributed by atoms with van der Waals surface area (Å²) in [5.41, 5.74) is 0.764. The number of benzene rings is 1. The second-order valence-electron chi connectivity index (χ2n) is 10.9. The molecule has 1 aromatic rings. The lowest BCUT2D eigenvalue weighted by molar-refractivity contribution is -0.309. The first-order chi connectivity index (χ1) is 19.0. The summed E-state index contributed by atoms with van der Waals surface area (Å²) in [6.07, 6.45) is -13.1. The molecule has 4 aliphatic rings. The lowest BCUT2D eigenvalue weighted by Crippen LogP contribution is -2.59. The predicted octanol–water partition coefficient (Wildman–Crippen LogP) is -1.81. The quantitative estimate of drug-likeness (QED) is 0.209. The minimum Gasteiger partial charge on any atom is -0.496 e. The van der Waals surface area contributed by atoms with Gasteiger partial charge in [0.25, 0.3) is 0 Å². The van der Waals surface area contributed by atoms with Gasteiger partial charge in [-0.3, -0.25) is 4.79 Å². The maximum Gasteiger partial charge on any atom is 0.229 e. The van der Waals surface area contributed by atoms with Crippen LogP contribution in [0.3, 0.4) is 0 Å². The fourth-order valence-corrected chi connectivity index (χ4v) is 5.64. The van der Waals surface area contributed by atoms with E-state index in [-0.39, 0.29) is 24.2 Å². The summed E-state index contributed by atoms with van der Waals surface area (Å²) in [6.45, 7) is 3.09. The first-order valence-corrected chi connectivity index (χ1v) is 13.4. The molecule has 3 heterocycles. The standard InChI is InChI=1S/C27H36O13/c1-10-19(29)22(32)24(34)26(37-10)39-13-5-3-12(4-6-13)15-9-36-17-8-14(7-16(28)18(17)21(15)31)40-27-25(35)23(33)20(30)11(2)38-27/h3-6,9-11,14,16-20,22-30,32-35H,7-8H2,1-2H3/t10-,11-,14?,16?,17?,18?,19-,20-,22+,23+,24+,25+,26-,27-/m0/s1. The Balaban J connectivity index is 1.22. The summed E-state index contributed by atoms with van der Waals surface area (Å²) >= 11 is 0. The summed E-state index contributed by atoms with van der Waals surface area (Å²) in [6, 6.07) is 6.32. The predicted molar refractivity (Wildman–Crippen MR) is 133 cm³/mol. The van der Waals surface area contributed by atoms with Crippen LogP contribution < -0.4 is 4.74 Å². The van der Waals surface area contributed by atoms with Crippen LogP contribution in [0.25, 0.3) is 5.57 Å². The number of hydrogen-bond donors (Lipinski definition) is 7. The van der Waals surface area contributed by atoms with Crippen molar-refractivity contribution in [2.45, 2.75) is 106 Å². The number of rotatable bonds is 5. The molecule has 0 spiro atoms. The number of fused-ring (bicyclic) bond motifs is 1. The van der Waals surface area contributed by atoms with Gasteiger partial charge < -0.3 is 59.4 Å². The summed E-state index contributed by atoms with van der Waals surface area (Å²) in [4.78, 5) is 13.4. The SMILES string of the molecule is C[C@@H]1O[C@@H](Oc2ccc(C3=COC4CC(O[C@@H]5O[C@@H](C)[C@H](O)[C@@H](O)[C@H]5O)CC(O)C4C3=O)cc2)[C@H](O)[C@H](O)[C@H]1O. The highest BCUT2D eigenvalue weighted by Gasteiger charge is 2.49. The Morgan fingerprint density at radius 3 is 1.95 bits per heavy atom. The van der Waals surface area contributed by atoms with Crippen molar-refractivity contribution in [3.8, 4) is 5.75 Å². The molecule has 13 heteroatoms. The van der Waals surface area contributed by atoms with Crippen LogP contribution in [-0.4, -0.2) is 121 Å². The molecule has 14 atom stereocenters. The molecule has 13 nitrogen and oxygen atoms in total. The highest BCUT2D eigenvalue weighted by molar-refractivity contribution is 6.22. The van der Waals surface area contributed by atoms with Gasteiger partial charge in [0.15, 0.2) is 12.1 Å². The molecule has 0 radical (unpaired) electrons. The minimum absolute atomic E-state index is 0.0681. The van der Waals surface area contributed by atoms with Gasteiger partial charge in [-0.25, -0.2) is 0 Å². The van der Waals surface area contributed by atoms with Gasteiger partial charge in [0.2, 0.25) is 6.29 Å². The molecule has 0 bridgehead atoms. The summed E-state index contributed by atoms with van der Waals surface area (Å²) in [7, 11) is 0. The van der Waals surface area contributed by atoms with E-state index < -0.39 is 85.6 Å². The fraction of sp³-hybridized carbons (Fsp3) is 0.667. The van der Waals surface area contributed by atoms with Gasteiger partial charge in [-0.05, 0) is 31.5 Å². The van der Waals surface area contributed by atoms with Crippen molar-refractivity contribution in [3.63, 3.8) is 0 Å². The van der Waals surface area contributed by atoms with Crippen molar-refractivity contribution in [2.24, 2.45) is 5.92 Å². The lowest BCUT2D eigenvalue weighted by Gasteiger charge is -2.44. The van der Waals surface area contributed by atoms with E-state index >= 15 is 0 Å². The zero-order chi connectivity index (χ0) is 28.9. The highest BCUT2D eigenvalue weighted by atomic mass is 16.7. The third-order valence-electron chi connectivity index (χ3n) is 8.10. The summed E-state index contributed by atoms with van der Waals surface area (Å²) in [5.74, 6) is -0.864. The van der Waals surface area contributed by atoms with E-state index in [4.69, 9.17) is 23.7 Å². The zero-order valence-electron chi connectivity index (χ0n) is 22.0. The normalized spacial score (nSPS) is 45.7. The average molecular weight is 569 g/mol. The number of ether oxygens (including phenoxy) is 5. The number of aliphatic hydroxyl groups excluding tert-OH is 7. The highest BCUT2D eigenvalue weighted by Crippen LogP contribution is 2.39. The van der Waals surface area contributed by atoms with E-state index in [0.717, 1.165) is 0 Å². The smallest absolute Gasteiger partial charge is 0.229 e. The maximum absolute atomic E-state index is 13.4. The molecule has 3 aliphatic heterocycles. The van der Waals surface area contributed by atoms with E-state index in [2.05, 4.69) is 0 Å². The van der Waals surface area contributed by atoms with Gasteiger partial charge in [0, 0.05) is 12.8 Å². The number of carbonyl (C=O) groups excluding carboxylic acids is 1. The van der Waals surface area contributed by atoms with Crippen LogP contribution in [0.4, 0.5) is 0 Å². The number of hydrogen-bond acceptors (Lipinski definition) is 13. The molecular formula is C27H36O13. The number of aliphatic hydroxyl groups is 7. The number of Topliss-reactive ketones (excluding diaryl/α,β-unsaturated/α-hetero) is 1. The Hall–Kier alpha value is -2.17. The van der Waals surface area contributed by atoms with Crippen LogP contribution in [-0.2, 0) is 23.7 Å². The van der Waals surface area contributed by atoms with Crippen LogP contribution >= 0.6 is 0 Å². The van der Waals surface area contributed by atoms with Crippen molar-refractivity contribution in [3.05, 3.63) is 36.1 Å². The Morgan fingerprint density at radius 2 is 1.32 bits per heavy atom. The van der Waals surface area contributed by atoms with Gasteiger partial charge in [-0.2, -0.15) is 0 Å². The van der Waals surface area contributed by atoms with E-state index in [9.17, 15) is 40.5 Å². The third-order valence-corrected chi connectivity index (χ3v) is 8.10. The number of allylic oxidation sites excluding steroid dienone is 1. The van der Waals surface area contributed by atoms with Crippen molar-refractivity contribution >= 4 is 11.4 Å². The third kappa shape index (κ3) is 5.51. The van der Waals surface area contributed by atoms with Crippen LogP contribution in [0.15, 0.2) is 30.5 Å². The van der Waals surface area contributed by atoms with Crippen molar-refractivity contribution in [2.75, 3.05) is 0 Å². The van der Waals surface area contributed by atoms with Gasteiger partial charge in [-0.15, -0.1) is 0 Å². The maximum atomic E-state index is 13.4. The lowest BCUT2D eigenvalue weighted by atomic mass is 9.76.